The Bertz CT molecular complexity index is 541. The van der Waals surface area contributed by atoms with Crippen LogP contribution in [0.3, 0.4) is 0 Å². The van der Waals surface area contributed by atoms with Crippen molar-refractivity contribution in [1.82, 2.24) is 0 Å². The monoisotopic (exact) mass is 484 g/mol. The average Bonchev–Trinajstić information content (AvgIpc) is 2.76. The Balaban J connectivity index is 4.28. The highest BCUT2D eigenvalue weighted by Gasteiger charge is 2.22. The fraction of sp³-hybridized carbons (Fsp3) is 0.857. The van der Waals surface area contributed by atoms with Crippen molar-refractivity contribution in [3.05, 3.63) is 12.2 Å². The van der Waals surface area contributed by atoms with E-state index in [4.69, 9.17) is 9.47 Å². The molecule has 0 amide bonds. The van der Waals surface area contributed by atoms with Crippen LogP contribution >= 0.6 is 0 Å². The summed E-state index contributed by atoms with van der Waals surface area (Å²) in [7, 11) is 6.13. The largest absolute Gasteiger partial charge is 0.460 e. The molecule has 0 saturated carbocycles. The Morgan fingerprint density at radius 1 is 0.824 bits per heavy atom. The fourth-order valence-corrected chi connectivity index (χ4v) is 3.58. The van der Waals surface area contributed by atoms with Gasteiger partial charge in [-0.25, -0.2) is 0 Å². The Kier molecular flexibility index (Phi) is 20.1. The molecule has 0 rings (SSSR count). The van der Waals surface area contributed by atoms with E-state index >= 15 is 0 Å². The van der Waals surface area contributed by atoms with E-state index in [1.807, 2.05) is 27.2 Å². The number of unbranched alkanes of at least 4 members (excludes halogenated alkanes) is 8. The van der Waals surface area contributed by atoms with Crippen LogP contribution in [-0.2, 0) is 19.1 Å². The number of ether oxygens (including phenoxy) is 2. The maximum atomic E-state index is 12.3. The van der Waals surface area contributed by atoms with Crippen LogP contribution in [0.4, 0.5) is 0 Å². The molecule has 0 aliphatic rings. The molecule has 0 aromatic carbocycles. The third-order valence-electron chi connectivity index (χ3n) is 5.86. The van der Waals surface area contributed by atoms with Gasteiger partial charge in [0.15, 0.2) is 0 Å². The van der Waals surface area contributed by atoms with Gasteiger partial charge in [-0.2, -0.15) is 0 Å². The fourth-order valence-electron chi connectivity index (χ4n) is 3.58. The molecule has 2 atom stereocenters. The lowest BCUT2D eigenvalue weighted by Gasteiger charge is -2.23. The lowest BCUT2D eigenvalue weighted by molar-refractivity contribution is -0.870. The van der Waals surface area contributed by atoms with Crippen molar-refractivity contribution in [2.24, 2.45) is 0 Å². The predicted octanol–water partition coefficient (Wildman–Crippen LogP) is 5.96. The van der Waals surface area contributed by atoms with Crippen LogP contribution in [0.5, 0.6) is 0 Å². The van der Waals surface area contributed by atoms with Crippen LogP contribution < -0.4 is 0 Å². The number of allylic oxidation sites excluding steroid dienone is 1. The van der Waals surface area contributed by atoms with Gasteiger partial charge in [-0.05, 0) is 38.5 Å². The van der Waals surface area contributed by atoms with Gasteiger partial charge >= 0.3 is 11.9 Å². The van der Waals surface area contributed by atoms with Crippen molar-refractivity contribution in [1.29, 1.82) is 0 Å². The minimum absolute atomic E-state index is 0.162. The van der Waals surface area contributed by atoms with Crippen LogP contribution in [0.2, 0.25) is 0 Å². The summed E-state index contributed by atoms with van der Waals surface area (Å²) in [5.41, 5.74) is 0. The lowest BCUT2D eigenvalue weighted by atomic mass is 10.0. The number of hydrogen-bond donors (Lipinski definition) is 1. The number of hydrogen-bond acceptors (Lipinski definition) is 5. The smallest absolute Gasteiger partial charge is 0.306 e. The Morgan fingerprint density at radius 2 is 1.44 bits per heavy atom. The molecule has 0 saturated heterocycles. The Labute approximate surface area is 209 Å². The second-order valence-corrected chi connectivity index (χ2v) is 10.4. The SMILES string of the molecule is CCCCCCCCC=CCC(O)C(CCCCC)OC(=O)CCCC(=O)OCC[N+](C)(C)C. The maximum absolute atomic E-state index is 12.3. The zero-order valence-electron chi connectivity index (χ0n) is 22.9. The summed E-state index contributed by atoms with van der Waals surface area (Å²) in [6, 6.07) is 0. The number of nitrogens with zero attached hydrogens (tertiary/aromatic N) is 1. The second-order valence-electron chi connectivity index (χ2n) is 10.4. The van der Waals surface area contributed by atoms with E-state index in [0.717, 1.165) is 36.7 Å². The molecule has 0 aliphatic carbocycles. The van der Waals surface area contributed by atoms with Gasteiger partial charge in [0.05, 0.1) is 27.2 Å². The number of carbonyl (C=O) groups is 2. The van der Waals surface area contributed by atoms with E-state index in [-0.39, 0.29) is 24.8 Å². The van der Waals surface area contributed by atoms with E-state index in [1.165, 1.54) is 38.5 Å². The highest BCUT2D eigenvalue weighted by atomic mass is 16.6. The Morgan fingerprint density at radius 3 is 2.12 bits per heavy atom. The molecule has 0 bridgehead atoms. The summed E-state index contributed by atoms with van der Waals surface area (Å²) in [5, 5.41) is 10.6. The van der Waals surface area contributed by atoms with E-state index < -0.39 is 12.2 Å². The molecule has 0 heterocycles. The van der Waals surface area contributed by atoms with Gasteiger partial charge in [0.1, 0.15) is 19.3 Å². The highest BCUT2D eigenvalue weighted by molar-refractivity contribution is 5.72. The first-order valence-corrected chi connectivity index (χ1v) is 13.7. The third kappa shape index (κ3) is 21.2. The summed E-state index contributed by atoms with van der Waals surface area (Å²) in [5.74, 6) is -0.632. The van der Waals surface area contributed by atoms with Gasteiger partial charge < -0.3 is 19.1 Å². The van der Waals surface area contributed by atoms with Crippen molar-refractivity contribution in [3.8, 4) is 0 Å². The topological polar surface area (TPSA) is 72.8 Å². The first kappa shape index (κ1) is 32.6. The number of rotatable bonds is 22. The van der Waals surface area contributed by atoms with Crippen LogP contribution in [0.1, 0.15) is 110 Å². The van der Waals surface area contributed by atoms with Gasteiger partial charge in [0.2, 0.25) is 0 Å². The number of aliphatic hydroxyl groups is 1. The number of carbonyl (C=O) groups excluding carboxylic acids is 2. The molecule has 6 heteroatoms. The lowest BCUT2D eigenvalue weighted by Crippen LogP contribution is -2.38. The molecule has 34 heavy (non-hydrogen) atoms. The number of likely N-dealkylation sites (N-methyl/N-ethyl adjacent to an activating group) is 1. The van der Waals surface area contributed by atoms with Crippen LogP contribution in [0.25, 0.3) is 0 Å². The minimum atomic E-state index is -0.693. The molecule has 0 spiro atoms. The molecule has 0 aromatic heterocycles. The van der Waals surface area contributed by atoms with Gasteiger partial charge in [0, 0.05) is 12.8 Å². The maximum Gasteiger partial charge on any atom is 0.306 e. The number of aliphatic hydroxyl groups excluding tert-OH is 1. The van der Waals surface area contributed by atoms with Crippen molar-refractivity contribution < 1.29 is 28.7 Å². The summed E-state index contributed by atoms with van der Waals surface area (Å²) >= 11 is 0. The van der Waals surface area contributed by atoms with Crippen LogP contribution in [0, 0.1) is 0 Å². The zero-order chi connectivity index (χ0) is 25.7. The molecule has 0 aromatic rings. The summed E-state index contributed by atoms with van der Waals surface area (Å²) in [6.45, 7) is 5.48. The number of quaternary nitrogens is 1. The molecule has 0 fully saturated rings. The van der Waals surface area contributed by atoms with Gasteiger partial charge in [-0.15, -0.1) is 0 Å². The highest BCUT2D eigenvalue weighted by Crippen LogP contribution is 2.16. The van der Waals surface area contributed by atoms with Crippen molar-refractivity contribution in [2.75, 3.05) is 34.3 Å². The summed E-state index contributed by atoms with van der Waals surface area (Å²) < 4.78 is 11.6. The van der Waals surface area contributed by atoms with Gasteiger partial charge in [-0.3, -0.25) is 9.59 Å². The average molecular weight is 485 g/mol. The van der Waals surface area contributed by atoms with E-state index in [2.05, 4.69) is 19.9 Å². The first-order chi connectivity index (χ1) is 16.2. The molecular weight excluding hydrogens is 430 g/mol. The molecule has 0 radical (unpaired) electrons. The second kappa shape index (κ2) is 20.9. The van der Waals surface area contributed by atoms with Crippen molar-refractivity contribution in [3.63, 3.8) is 0 Å². The molecule has 200 valence electrons. The van der Waals surface area contributed by atoms with Crippen LogP contribution in [-0.4, -0.2) is 68.0 Å². The normalized spacial score (nSPS) is 13.7. The summed E-state index contributed by atoms with van der Waals surface area (Å²) in [6.07, 6.45) is 16.6. The quantitative estimate of drug-likeness (QED) is 0.0889. The third-order valence-corrected chi connectivity index (χ3v) is 5.86. The number of esters is 2. The van der Waals surface area contributed by atoms with Crippen molar-refractivity contribution in [2.45, 2.75) is 122 Å². The molecule has 1 N–H and O–H groups in total. The molecular formula is C28H54NO5+. The standard InChI is InChI=1S/C28H54NO5/c1-6-8-10-11-12-13-14-15-17-19-25(30)26(20-16-9-7-2)34-28(32)22-18-21-27(31)33-24-23-29(3,4)5/h15,17,25-26,30H,6-14,16,18-24H2,1-5H3/q+1. The van der Waals surface area contributed by atoms with Crippen molar-refractivity contribution >= 4 is 11.9 Å². The zero-order valence-corrected chi connectivity index (χ0v) is 22.9. The van der Waals surface area contributed by atoms with Gasteiger partial charge in [-0.1, -0.05) is 70.9 Å². The first-order valence-electron chi connectivity index (χ1n) is 13.7. The van der Waals surface area contributed by atoms with E-state index in [1.54, 1.807) is 0 Å². The molecule has 6 nitrogen and oxygen atoms in total. The van der Waals surface area contributed by atoms with E-state index in [9.17, 15) is 14.7 Å². The van der Waals surface area contributed by atoms with Crippen LogP contribution in [0.15, 0.2) is 12.2 Å². The summed E-state index contributed by atoms with van der Waals surface area (Å²) in [4.78, 5) is 24.2. The Hall–Kier alpha value is -1.40. The minimum Gasteiger partial charge on any atom is -0.460 e. The molecule has 0 aliphatic heterocycles. The van der Waals surface area contributed by atoms with Gasteiger partial charge in [0.25, 0.3) is 0 Å². The van der Waals surface area contributed by atoms with E-state index in [0.29, 0.717) is 25.9 Å². The molecule has 2 unspecified atom stereocenters. The predicted molar refractivity (Wildman–Crippen MR) is 139 cm³/mol.